The van der Waals surface area contributed by atoms with Crippen molar-refractivity contribution in [3.05, 3.63) is 138 Å². The number of aliphatic hydroxyl groups is 2. The van der Waals surface area contributed by atoms with Crippen LogP contribution in [0.15, 0.2) is 122 Å². The second-order valence-electron chi connectivity index (χ2n) is 19.6. The molecular weight excluding hydrogens is 1060 g/mol. The Morgan fingerprint density at radius 1 is 0.671 bits per heavy atom. The number of nitrogens with zero attached hydrogens (tertiary/aromatic N) is 4. The second kappa shape index (κ2) is 27.4. The van der Waals surface area contributed by atoms with E-state index in [0.29, 0.717) is 11.3 Å². The molecule has 0 bridgehead atoms. The van der Waals surface area contributed by atoms with Gasteiger partial charge in [-0.25, -0.2) is 24.2 Å². The summed E-state index contributed by atoms with van der Waals surface area (Å²) in [5, 5.41) is 31.6. The van der Waals surface area contributed by atoms with Gasteiger partial charge in [-0.05, 0) is 80.5 Å². The Bertz CT molecular complexity index is 3060. The van der Waals surface area contributed by atoms with Crippen molar-refractivity contribution in [2.45, 2.75) is 97.1 Å². The highest BCUT2D eigenvalue weighted by atomic mass is 16.6. The van der Waals surface area contributed by atoms with E-state index in [2.05, 4.69) is 29.1 Å². The minimum atomic E-state index is -1.61. The van der Waals surface area contributed by atoms with Crippen molar-refractivity contribution in [2.24, 2.45) is 5.92 Å². The van der Waals surface area contributed by atoms with E-state index >= 15 is 0 Å². The Labute approximate surface area is 475 Å². The number of rotatable bonds is 22. The first kappa shape index (κ1) is 60.5. The maximum absolute atomic E-state index is 14.4. The van der Waals surface area contributed by atoms with Crippen LogP contribution < -0.4 is 44.7 Å². The highest BCUT2D eigenvalue weighted by Gasteiger charge is 2.47. The zero-order valence-corrected chi connectivity index (χ0v) is 46.7. The summed E-state index contributed by atoms with van der Waals surface area (Å²) in [5.41, 5.74) is 2.45. The highest BCUT2D eigenvalue weighted by Crippen LogP contribution is 2.44. The number of carbonyl (C=O) groups is 7. The van der Waals surface area contributed by atoms with Crippen molar-refractivity contribution in [3.63, 3.8) is 0 Å². The first-order valence-electron chi connectivity index (χ1n) is 26.5. The van der Waals surface area contributed by atoms with Gasteiger partial charge in [0.2, 0.25) is 11.8 Å². The number of hydrogen-bond donors (Lipinski definition) is 5. The molecule has 23 nitrogen and oxygen atoms in total. The molecule has 3 aromatic carbocycles. The quantitative estimate of drug-likeness (QED) is 0.0377. The Morgan fingerprint density at radius 3 is 1.62 bits per heavy atom. The van der Waals surface area contributed by atoms with Crippen LogP contribution >= 0.6 is 0 Å². The van der Waals surface area contributed by atoms with E-state index in [1.807, 2.05) is 26.0 Å². The zero-order chi connectivity index (χ0) is 59.4. The molecule has 0 saturated heterocycles. The Hall–Kier alpha value is -9.09. The second-order valence-corrected chi connectivity index (χ2v) is 19.6. The maximum atomic E-state index is 14.4. The number of benzene rings is 3. The third-order valence-corrected chi connectivity index (χ3v) is 13.6. The number of nitrogens with one attached hydrogen (secondary N) is 3. The molecule has 0 radical (unpaired) electrons. The third-order valence-electron chi connectivity index (χ3n) is 13.6. The van der Waals surface area contributed by atoms with E-state index in [-0.39, 0.29) is 104 Å². The van der Waals surface area contributed by atoms with Crippen molar-refractivity contribution in [1.29, 1.82) is 0 Å². The molecule has 5 N–H and O–H groups in total. The van der Waals surface area contributed by atoms with Gasteiger partial charge >= 0.3 is 18.3 Å². The van der Waals surface area contributed by atoms with E-state index in [4.69, 9.17) is 33.2 Å². The van der Waals surface area contributed by atoms with Gasteiger partial charge in [0.05, 0.1) is 62.0 Å². The number of aliphatic hydroxyl groups excluding tert-OH is 2. The lowest BCUT2D eigenvalue weighted by Gasteiger charge is -2.31. The van der Waals surface area contributed by atoms with Gasteiger partial charge in [0, 0.05) is 36.6 Å². The number of methoxy groups -OCH3 is 2. The van der Waals surface area contributed by atoms with Gasteiger partial charge in [0.1, 0.15) is 31.9 Å². The molecule has 82 heavy (non-hydrogen) atoms. The van der Waals surface area contributed by atoms with Crippen molar-refractivity contribution in [2.75, 3.05) is 55.8 Å². The number of allylic oxidation sites excluding steroid dienone is 4. The Kier molecular flexibility index (Phi) is 20.2. The third kappa shape index (κ3) is 13.6. The van der Waals surface area contributed by atoms with E-state index in [9.17, 15) is 43.8 Å². The average molecular weight is 1130 g/mol. The fourth-order valence-corrected chi connectivity index (χ4v) is 9.58. The van der Waals surface area contributed by atoms with Crippen LogP contribution in [0, 0.1) is 5.92 Å². The topological polar surface area (TPSA) is 274 Å². The van der Waals surface area contributed by atoms with Crippen molar-refractivity contribution >= 4 is 59.0 Å². The van der Waals surface area contributed by atoms with Gasteiger partial charge in [-0.1, -0.05) is 75.6 Å². The lowest BCUT2D eigenvalue weighted by atomic mass is 10.0. The van der Waals surface area contributed by atoms with Crippen LogP contribution in [0.2, 0.25) is 0 Å². The molecule has 0 aromatic heterocycles. The summed E-state index contributed by atoms with van der Waals surface area (Å²) in [5.74, 6) is -1.92. The van der Waals surface area contributed by atoms with Gasteiger partial charge in [-0.2, -0.15) is 0 Å². The van der Waals surface area contributed by atoms with Crippen LogP contribution in [0.25, 0.3) is 0 Å². The largest absolute Gasteiger partial charge is 0.493 e. The smallest absolute Gasteiger partial charge is 0.416 e. The molecule has 4 aliphatic rings. The number of carbonyl (C=O) groups excluding carboxylic acids is 7. The van der Waals surface area contributed by atoms with Crippen LogP contribution in [-0.4, -0.2) is 139 Å². The molecule has 2 unspecified atom stereocenters. The van der Waals surface area contributed by atoms with Gasteiger partial charge in [-0.3, -0.25) is 19.2 Å². The summed E-state index contributed by atoms with van der Waals surface area (Å²) in [4.78, 5) is 99.5. The molecule has 0 spiro atoms. The lowest BCUT2D eigenvalue weighted by molar-refractivity contribution is -0.128. The standard InChI is InChI=1S/C59H69N7O16/c1-10-15-37-25-44-55(71)65(58(74)81-22-13-4)42-29-48(46(76-8)27-40(42)53(69)63(44)31-37)78-23-14-24-79-49-30-43-41(28-47(49)77-9)54(70)64-32-38(16-11-2)26-45(64)56(72)66(43)59(75)82-33-36-17-19-39(20-18-36)61-51(67)35(7)60-52(68)50(34(5)6)62-57(73)80-21-12-3/h10-13,15-20,27-32,34-35,44-45,50,55-56,71-72H,3-4,14,21-26,33H2,1-2,5-9H3,(H,60,68)(H,61,67)(H,62,73)/b15-10+,16-11+/t35?,44-,45-,50?,55-,56-/m0/s1. The van der Waals surface area contributed by atoms with E-state index < -0.39 is 78.5 Å². The molecule has 0 saturated carbocycles. The number of alkyl carbamates (subject to hydrolysis) is 1. The minimum absolute atomic E-state index is 0.00363. The minimum Gasteiger partial charge on any atom is -0.493 e. The SMILES string of the molecule is C=CCOC(=O)NC(C(=O)NC(C)C(=O)Nc1ccc(COC(=O)N2c3cc(OCCCOc4cc5c(cc4OC)C(=O)N4C=C(/C=C/C)C[C@H]4[C@H](O)N5C(=O)OCC=C)c(OC)cc3C(=O)N3C=C(/C=C/C)C[C@H]3[C@@H]2O)cc1)C(C)C. The molecule has 436 valence electrons. The zero-order valence-electron chi connectivity index (χ0n) is 46.7. The van der Waals surface area contributed by atoms with E-state index in [0.717, 1.165) is 20.9 Å². The lowest BCUT2D eigenvalue weighted by Crippen LogP contribution is -2.53. The van der Waals surface area contributed by atoms with Crippen LogP contribution in [0.5, 0.6) is 23.0 Å². The van der Waals surface area contributed by atoms with Crippen LogP contribution in [-0.2, 0) is 30.4 Å². The van der Waals surface area contributed by atoms with Crippen molar-refractivity contribution in [3.8, 4) is 23.0 Å². The fourth-order valence-electron chi connectivity index (χ4n) is 9.58. The van der Waals surface area contributed by atoms with Crippen LogP contribution in [0.1, 0.15) is 80.2 Å². The van der Waals surface area contributed by atoms with Crippen LogP contribution in [0.4, 0.5) is 31.4 Å². The summed E-state index contributed by atoms with van der Waals surface area (Å²) >= 11 is 0. The fraction of sp³-hybridized carbons (Fsp3) is 0.373. The average Bonchev–Trinajstić information content (AvgIpc) is 4.29. The number of anilines is 3. The molecule has 7 amide bonds. The number of hydrogen-bond acceptors (Lipinski definition) is 16. The van der Waals surface area contributed by atoms with E-state index in [1.54, 1.807) is 62.7 Å². The number of fused-ring (bicyclic) bond motifs is 4. The van der Waals surface area contributed by atoms with Crippen molar-refractivity contribution < 1.29 is 76.9 Å². The molecule has 4 heterocycles. The van der Waals surface area contributed by atoms with Crippen molar-refractivity contribution in [1.82, 2.24) is 20.4 Å². The van der Waals surface area contributed by atoms with Gasteiger partial charge in [-0.15, -0.1) is 0 Å². The predicted octanol–water partition coefficient (Wildman–Crippen LogP) is 7.22. The molecule has 4 aliphatic heterocycles. The number of ether oxygens (including phenoxy) is 7. The summed E-state index contributed by atoms with van der Waals surface area (Å²) in [6.45, 7) is 15.2. The molecular formula is C59H69N7O16. The predicted molar refractivity (Wildman–Crippen MR) is 301 cm³/mol. The Morgan fingerprint density at radius 2 is 1.16 bits per heavy atom. The first-order valence-corrected chi connectivity index (χ1v) is 26.5. The van der Waals surface area contributed by atoms with Gasteiger partial charge in [0.15, 0.2) is 35.5 Å². The molecule has 6 atom stereocenters. The summed E-state index contributed by atoms with van der Waals surface area (Å²) < 4.78 is 39.9. The highest BCUT2D eigenvalue weighted by molar-refractivity contribution is 6.08. The molecule has 3 aromatic rings. The molecule has 7 rings (SSSR count). The van der Waals surface area contributed by atoms with Gasteiger partial charge < -0.3 is 69.1 Å². The van der Waals surface area contributed by atoms with E-state index in [1.165, 1.54) is 67.4 Å². The number of amides is 7. The molecule has 0 fully saturated rings. The molecule has 23 heteroatoms. The first-order chi connectivity index (χ1) is 39.4. The Balaban J connectivity index is 1.05. The summed E-state index contributed by atoms with van der Waals surface area (Å²) in [6.07, 6.45) is 8.13. The maximum Gasteiger partial charge on any atom is 0.416 e. The van der Waals surface area contributed by atoms with Gasteiger partial charge in [0.25, 0.3) is 11.8 Å². The monoisotopic (exact) mass is 1130 g/mol. The summed E-state index contributed by atoms with van der Waals surface area (Å²) in [7, 11) is 2.78. The molecule has 0 aliphatic carbocycles. The van der Waals surface area contributed by atoms with Crippen LogP contribution in [0.3, 0.4) is 0 Å². The normalized spacial score (nSPS) is 18.9. The summed E-state index contributed by atoms with van der Waals surface area (Å²) in [6, 6.07) is 8.33.